The van der Waals surface area contributed by atoms with Gasteiger partial charge in [0.25, 0.3) is 0 Å². The second-order valence-electron chi connectivity index (χ2n) is 7.12. The molecular weight excluding hydrogens is 381 g/mol. The van der Waals surface area contributed by atoms with E-state index in [0.717, 1.165) is 11.1 Å². The number of hydrogen-bond donors (Lipinski definition) is 2. The smallest absolute Gasteiger partial charge is 0.407 e. The highest BCUT2D eigenvalue weighted by molar-refractivity contribution is 5.79. The van der Waals surface area contributed by atoms with Gasteiger partial charge in [-0.2, -0.15) is 0 Å². The van der Waals surface area contributed by atoms with Crippen molar-refractivity contribution in [1.82, 2.24) is 5.32 Å². The Balaban J connectivity index is 1.32. The minimum absolute atomic E-state index is 0.0119. The van der Waals surface area contributed by atoms with Crippen molar-refractivity contribution in [2.45, 2.75) is 12.5 Å². The lowest BCUT2D eigenvalue weighted by Crippen LogP contribution is -2.26. The molecule has 5 heteroatoms. The minimum Gasteiger partial charge on any atom is -0.449 e. The third kappa shape index (κ3) is 4.11. The summed E-state index contributed by atoms with van der Waals surface area (Å²) < 4.78 is 19.3. The first kappa shape index (κ1) is 19.9. The Bertz CT molecular complexity index is 1050. The van der Waals surface area contributed by atoms with E-state index < -0.39 is 11.9 Å². The molecule has 3 aromatic carbocycles. The van der Waals surface area contributed by atoms with Crippen LogP contribution in [0.1, 0.15) is 28.2 Å². The van der Waals surface area contributed by atoms with Crippen LogP contribution in [0.5, 0.6) is 0 Å². The number of fused-ring (bicyclic) bond motifs is 3. The first-order valence-electron chi connectivity index (χ1n) is 9.82. The van der Waals surface area contributed by atoms with Gasteiger partial charge < -0.3 is 15.2 Å². The van der Waals surface area contributed by atoms with Crippen LogP contribution in [-0.2, 0) is 11.3 Å². The van der Waals surface area contributed by atoms with Gasteiger partial charge >= 0.3 is 6.09 Å². The highest BCUT2D eigenvalue weighted by atomic mass is 19.1. The molecule has 0 aliphatic heterocycles. The van der Waals surface area contributed by atoms with Crippen molar-refractivity contribution in [2.75, 3.05) is 13.2 Å². The molecule has 1 amide bonds. The lowest BCUT2D eigenvalue weighted by molar-refractivity contribution is 0.144. The van der Waals surface area contributed by atoms with E-state index in [1.807, 2.05) is 24.3 Å². The molecule has 3 aromatic rings. The number of amides is 1. The van der Waals surface area contributed by atoms with E-state index in [2.05, 4.69) is 29.6 Å². The number of nitrogens with one attached hydrogen (secondary N) is 1. The Labute approximate surface area is 174 Å². The summed E-state index contributed by atoms with van der Waals surface area (Å²) >= 11 is 0. The maximum atomic E-state index is 13.9. The number of aliphatic hydroxyl groups excluding tert-OH is 1. The fourth-order valence-electron chi connectivity index (χ4n) is 3.78. The van der Waals surface area contributed by atoms with Crippen LogP contribution in [-0.4, -0.2) is 24.4 Å². The molecular formula is C25H22FNO3. The van der Waals surface area contributed by atoms with E-state index in [-0.39, 0.29) is 25.7 Å². The SMILES string of the molecule is O=C(NCC=Cc1ccc(CO)cc1F)OCC1c2ccccc2-c2ccccc21. The van der Waals surface area contributed by atoms with Crippen molar-refractivity contribution in [1.29, 1.82) is 0 Å². The number of rotatable bonds is 6. The number of aliphatic hydroxyl groups is 1. The number of carbonyl (C=O) groups excluding carboxylic acids is 1. The first-order valence-corrected chi connectivity index (χ1v) is 9.82. The number of halogens is 1. The van der Waals surface area contributed by atoms with Gasteiger partial charge in [-0.3, -0.25) is 0 Å². The average Bonchev–Trinajstić information content (AvgIpc) is 3.10. The molecule has 0 atom stereocenters. The Hall–Kier alpha value is -3.44. The van der Waals surface area contributed by atoms with E-state index >= 15 is 0 Å². The van der Waals surface area contributed by atoms with E-state index in [1.54, 1.807) is 24.3 Å². The molecule has 0 saturated carbocycles. The molecule has 30 heavy (non-hydrogen) atoms. The van der Waals surface area contributed by atoms with Crippen LogP contribution in [0.3, 0.4) is 0 Å². The van der Waals surface area contributed by atoms with Gasteiger partial charge in [-0.1, -0.05) is 72.8 Å². The van der Waals surface area contributed by atoms with Crippen LogP contribution >= 0.6 is 0 Å². The number of benzene rings is 3. The lowest BCUT2D eigenvalue weighted by atomic mass is 9.98. The highest BCUT2D eigenvalue weighted by Crippen LogP contribution is 2.44. The van der Waals surface area contributed by atoms with Crippen molar-refractivity contribution < 1.29 is 19.0 Å². The summed E-state index contributed by atoms with van der Waals surface area (Å²) in [7, 11) is 0. The predicted molar refractivity (Wildman–Crippen MR) is 114 cm³/mol. The fraction of sp³-hybridized carbons (Fsp3) is 0.160. The summed E-state index contributed by atoms with van der Waals surface area (Å²) in [6.07, 6.45) is 2.72. The second kappa shape index (κ2) is 8.93. The third-order valence-electron chi connectivity index (χ3n) is 5.25. The van der Waals surface area contributed by atoms with Gasteiger partial charge in [-0.05, 0) is 33.9 Å². The summed E-state index contributed by atoms with van der Waals surface area (Å²) in [5.74, 6) is -0.406. The molecule has 0 heterocycles. The van der Waals surface area contributed by atoms with Gasteiger partial charge in [0.05, 0.1) is 6.61 Å². The van der Waals surface area contributed by atoms with E-state index in [0.29, 0.717) is 11.1 Å². The average molecular weight is 403 g/mol. The molecule has 0 unspecified atom stereocenters. The van der Waals surface area contributed by atoms with E-state index in [4.69, 9.17) is 9.84 Å². The number of ether oxygens (including phenoxy) is 1. The molecule has 1 aliphatic carbocycles. The zero-order valence-corrected chi connectivity index (χ0v) is 16.3. The van der Waals surface area contributed by atoms with Crippen LogP contribution in [0, 0.1) is 5.82 Å². The van der Waals surface area contributed by atoms with Crippen molar-refractivity contribution in [2.24, 2.45) is 0 Å². The van der Waals surface area contributed by atoms with Crippen LogP contribution in [0.25, 0.3) is 17.2 Å². The first-order chi connectivity index (χ1) is 14.7. The monoisotopic (exact) mass is 403 g/mol. The molecule has 0 fully saturated rings. The standard InChI is InChI=1S/C25H22FNO3/c26-24-14-17(15-28)11-12-18(24)6-5-13-27-25(29)30-16-23-21-9-3-1-7-19(21)20-8-2-4-10-22(20)23/h1-12,14,23,28H,13,15-16H2,(H,27,29). The summed E-state index contributed by atoms with van der Waals surface area (Å²) in [4.78, 5) is 12.1. The molecule has 0 saturated heterocycles. The number of hydrogen-bond acceptors (Lipinski definition) is 3. The zero-order valence-electron chi connectivity index (χ0n) is 16.3. The van der Waals surface area contributed by atoms with Crippen molar-refractivity contribution >= 4 is 12.2 Å². The van der Waals surface area contributed by atoms with Crippen LogP contribution in [0.15, 0.2) is 72.8 Å². The van der Waals surface area contributed by atoms with Crippen LogP contribution < -0.4 is 5.32 Å². The highest BCUT2D eigenvalue weighted by Gasteiger charge is 2.28. The molecule has 0 aromatic heterocycles. The van der Waals surface area contributed by atoms with Gasteiger partial charge in [0, 0.05) is 18.0 Å². The minimum atomic E-state index is -0.516. The normalized spacial score (nSPS) is 12.6. The summed E-state index contributed by atoms with van der Waals surface area (Å²) in [5.41, 5.74) is 5.59. The van der Waals surface area contributed by atoms with Gasteiger partial charge in [0.1, 0.15) is 12.4 Å². The van der Waals surface area contributed by atoms with Crippen LogP contribution in [0.2, 0.25) is 0 Å². The van der Waals surface area contributed by atoms with Crippen molar-refractivity contribution in [3.05, 3.63) is 101 Å². The molecule has 0 radical (unpaired) electrons. The Morgan fingerprint density at radius 2 is 1.70 bits per heavy atom. The Morgan fingerprint density at radius 1 is 1.03 bits per heavy atom. The van der Waals surface area contributed by atoms with Gasteiger partial charge in [-0.15, -0.1) is 0 Å². The topological polar surface area (TPSA) is 58.6 Å². The van der Waals surface area contributed by atoms with Gasteiger partial charge in [0.15, 0.2) is 0 Å². The molecule has 4 rings (SSSR count). The molecule has 2 N–H and O–H groups in total. The molecule has 152 valence electrons. The number of carbonyl (C=O) groups is 1. The molecule has 4 nitrogen and oxygen atoms in total. The Morgan fingerprint density at radius 3 is 2.33 bits per heavy atom. The quantitative estimate of drug-likeness (QED) is 0.617. The largest absolute Gasteiger partial charge is 0.449 e. The van der Waals surface area contributed by atoms with E-state index in [9.17, 15) is 9.18 Å². The maximum Gasteiger partial charge on any atom is 0.407 e. The predicted octanol–water partition coefficient (Wildman–Crippen LogP) is 4.87. The molecule has 0 bridgehead atoms. The Kier molecular flexibility index (Phi) is 5.91. The maximum absolute atomic E-state index is 13.9. The van der Waals surface area contributed by atoms with Crippen molar-refractivity contribution in [3.63, 3.8) is 0 Å². The lowest BCUT2D eigenvalue weighted by Gasteiger charge is -2.14. The van der Waals surface area contributed by atoms with Crippen LogP contribution in [0.4, 0.5) is 9.18 Å². The van der Waals surface area contributed by atoms with Gasteiger partial charge in [-0.25, -0.2) is 9.18 Å². The third-order valence-corrected chi connectivity index (χ3v) is 5.25. The second-order valence-corrected chi connectivity index (χ2v) is 7.12. The molecule has 0 spiro atoms. The van der Waals surface area contributed by atoms with Gasteiger partial charge in [0.2, 0.25) is 0 Å². The van der Waals surface area contributed by atoms with Crippen molar-refractivity contribution in [3.8, 4) is 11.1 Å². The summed E-state index contributed by atoms with van der Waals surface area (Å²) in [5, 5.41) is 11.7. The fourth-order valence-corrected chi connectivity index (χ4v) is 3.78. The van der Waals surface area contributed by atoms with E-state index in [1.165, 1.54) is 17.2 Å². The molecule has 1 aliphatic rings. The summed E-state index contributed by atoms with van der Waals surface area (Å²) in [6, 6.07) is 20.9. The zero-order chi connectivity index (χ0) is 20.9. The number of alkyl carbamates (subject to hydrolysis) is 1. The summed E-state index contributed by atoms with van der Waals surface area (Å²) in [6.45, 7) is 0.267.